The first-order valence-electron chi connectivity index (χ1n) is 9.61. The average molecular weight is 417 g/mol. The van der Waals surface area contributed by atoms with Crippen molar-refractivity contribution in [3.63, 3.8) is 0 Å². The number of nitrogens with one attached hydrogen (secondary N) is 1. The third-order valence-corrected chi connectivity index (χ3v) is 7.28. The van der Waals surface area contributed by atoms with Gasteiger partial charge >= 0.3 is 5.97 Å². The molecule has 29 heavy (non-hydrogen) atoms. The summed E-state index contributed by atoms with van der Waals surface area (Å²) in [5, 5.41) is 20.1. The summed E-state index contributed by atoms with van der Waals surface area (Å²) >= 11 is 0. The Morgan fingerprint density at radius 3 is 2.59 bits per heavy atom. The fraction of sp³-hybridized carbons (Fsp3) is 0.381. The number of benzene rings is 2. The van der Waals surface area contributed by atoms with Crippen LogP contribution >= 0.6 is 0 Å². The molecule has 5 atom stereocenters. The Morgan fingerprint density at radius 1 is 1.21 bits per heavy atom. The number of aliphatic hydroxyl groups excluding tert-OH is 1. The van der Waals surface area contributed by atoms with Gasteiger partial charge in [-0.2, -0.15) is 0 Å². The zero-order chi connectivity index (χ0) is 20.8. The lowest BCUT2D eigenvalue weighted by Gasteiger charge is -2.22. The lowest BCUT2D eigenvalue weighted by Crippen LogP contribution is -2.43. The highest BCUT2D eigenvalue weighted by Crippen LogP contribution is 2.50. The number of aliphatic carboxylic acids is 1. The van der Waals surface area contributed by atoms with Gasteiger partial charge in [-0.3, -0.25) is 4.79 Å². The Morgan fingerprint density at radius 2 is 1.93 bits per heavy atom. The van der Waals surface area contributed by atoms with Gasteiger partial charge in [-0.15, -0.1) is 0 Å². The third-order valence-electron chi connectivity index (χ3n) is 5.81. The van der Waals surface area contributed by atoms with Crippen molar-refractivity contribution >= 4 is 16.0 Å². The molecule has 0 radical (unpaired) electrons. The second-order valence-corrected chi connectivity index (χ2v) is 9.22. The van der Waals surface area contributed by atoms with Gasteiger partial charge in [0.05, 0.1) is 23.0 Å². The van der Waals surface area contributed by atoms with Crippen LogP contribution in [0.25, 0.3) is 0 Å². The first-order valence-corrected chi connectivity index (χ1v) is 11.1. The molecule has 8 heteroatoms. The van der Waals surface area contributed by atoms with Crippen molar-refractivity contribution in [2.24, 2.45) is 0 Å². The molecule has 1 fully saturated rings. The fourth-order valence-corrected chi connectivity index (χ4v) is 5.75. The van der Waals surface area contributed by atoms with E-state index in [0.717, 1.165) is 5.56 Å². The van der Waals surface area contributed by atoms with Crippen LogP contribution in [0.3, 0.4) is 0 Å². The number of hydrogen-bond acceptors (Lipinski definition) is 5. The quantitative estimate of drug-likeness (QED) is 0.664. The summed E-state index contributed by atoms with van der Waals surface area (Å²) in [4.78, 5) is 11.8. The van der Waals surface area contributed by atoms with Crippen LogP contribution in [0.4, 0.5) is 0 Å². The summed E-state index contributed by atoms with van der Waals surface area (Å²) in [5.41, 5.74) is 1.33. The largest absolute Gasteiger partial charge is 0.489 e. The van der Waals surface area contributed by atoms with Crippen LogP contribution in [0.1, 0.15) is 42.7 Å². The Balaban J connectivity index is 1.69. The standard InChI is InChI=1S/C21H23NO6S/c1-2-13(21(24)25)14-9-6-10-15-18-17(28-20(14)15)11-16(23)19(18)22-29(26,27)12-7-4-3-5-8-12/h3-10,13,16-19,22-23H,2,11H2,1H3,(H,24,25). The SMILES string of the molecule is CCC(C(=O)O)c1cccc2c1OC1CC(O)C(NS(=O)(=O)c3ccccc3)C21. The van der Waals surface area contributed by atoms with E-state index in [1.807, 2.05) is 6.07 Å². The molecule has 154 valence electrons. The molecule has 5 unspecified atom stereocenters. The Kier molecular flexibility index (Phi) is 5.10. The minimum absolute atomic E-state index is 0.125. The highest BCUT2D eigenvalue weighted by Gasteiger charge is 2.51. The molecule has 7 nitrogen and oxygen atoms in total. The second kappa shape index (κ2) is 7.44. The normalized spacial score (nSPS) is 26.4. The van der Waals surface area contributed by atoms with Crippen LogP contribution in [-0.2, 0) is 14.8 Å². The zero-order valence-electron chi connectivity index (χ0n) is 15.9. The van der Waals surface area contributed by atoms with Crippen LogP contribution in [0.2, 0.25) is 0 Å². The molecule has 3 N–H and O–H groups in total. The average Bonchev–Trinajstić information content (AvgIpc) is 3.19. The number of rotatable bonds is 6. The van der Waals surface area contributed by atoms with E-state index in [2.05, 4.69) is 4.72 Å². The first-order chi connectivity index (χ1) is 13.8. The van der Waals surface area contributed by atoms with Gasteiger partial charge in [0.1, 0.15) is 11.9 Å². The monoisotopic (exact) mass is 417 g/mol. The van der Waals surface area contributed by atoms with Crippen molar-refractivity contribution in [3.8, 4) is 5.75 Å². The van der Waals surface area contributed by atoms with Crippen molar-refractivity contribution in [1.82, 2.24) is 4.72 Å². The van der Waals surface area contributed by atoms with Crippen LogP contribution in [0, 0.1) is 0 Å². The molecule has 1 aliphatic heterocycles. The molecular weight excluding hydrogens is 394 g/mol. The van der Waals surface area contributed by atoms with E-state index in [1.165, 1.54) is 12.1 Å². The lowest BCUT2D eigenvalue weighted by molar-refractivity contribution is -0.138. The lowest BCUT2D eigenvalue weighted by atomic mass is 9.89. The second-order valence-electron chi connectivity index (χ2n) is 7.51. The predicted octanol–water partition coefficient (Wildman–Crippen LogP) is 2.22. The summed E-state index contributed by atoms with van der Waals surface area (Å²) < 4.78 is 34.3. The molecule has 0 saturated heterocycles. The maximum Gasteiger partial charge on any atom is 0.311 e. The molecule has 4 rings (SSSR count). The van der Waals surface area contributed by atoms with Gasteiger partial charge in [-0.1, -0.05) is 43.3 Å². The van der Waals surface area contributed by atoms with Gasteiger partial charge in [0.25, 0.3) is 0 Å². The zero-order valence-corrected chi connectivity index (χ0v) is 16.7. The van der Waals surface area contributed by atoms with E-state index in [1.54, 1.807) is 37.3 Å². The molecule has 0 spiro atoms. The minimum Gasteiger partial charge on any atom is -0.489 e. The van der Waals surface area contributed by atoms with Crippen molar-refractivity contribution < 1.29 is 28.2 Å². The molecule has 2 aliphatic rings. The molecule has 0 amide bonds. The number of ether oxygens (including phenoxy) is 1. The number of hydrogen-bond donors (Lipinski definition) is 3. The summed E-state index contributed by atoms with van der Waals surface area (Å²) in [6, 6.07) is 12.6. The van der Waals surface area contributed by atoms with Gasteiger partial charge in [-0.25, -0.2) is 13.1 Å². The van der Waals surface area contributed by atoms with Crippen LogP contribution in [0.15, 0.2) is 53.4 Å². The topological polar surface area (TPSA) is 113 Å². The molecule has 0 aromatic heterocycles. The summed E-state index contributed by atoms with van der Waals surface area (Å²) in [7, 11) is -3.82. The van der Waals surface area contributed by atoms with Crippen LogP contribution in [-0.4, -0.2) is 42.8 Å². The summed E-state index contributed by atoms with van der Waals surface area (Å²) in [6.07, 6.45) is -0.625. The third kappa shape index (κ3) is 3.41. The van der Waals surface area contributed by atoms with Crippen LogP contribution in [0.5, 0.6) is 5.75 Å². The first kappa shape index (κ1) is 19.9. The highest BCUT2D eigenvalue weighted by atomic mass is 32.2. The smallest absolute Gasteiger partial charge is 0.311 e. The molecule has 2 aromatic rings. The molecule has 1 aliphatic carbocycles. The molecule has 1 saturated carbocycles. The maximum absolute atomic E-state index is 12.8. The fourth-order valence-electron chi connectivity index (χ4n) is 4.44. The van der Waals surface area contributed by atoms with Crippen molar-refractivity contribution in [3.05, 3.63) is 59.7 Å². The minimum atomic E-state index is -3.82. The van der Waals surface area contributed by atoms with Gasteiger partial charge in [0.2, 0.25) is 10.0 Å². The van der Waals surface area contributed by atoms with Gasteiger partial charge in [0, 0.05) is 23.5 Å². The molecular formula is C21H23NO6S. The van der Waals surface area contributed by atoms with Crippen molar-refractivity contribution in [2.45, 2.75) is 54.7 Å². The Bertz CT molecular complexity index is 1020. The number of sulfonamides is 1. The predicted molar refractivity (Wildman–Crippen MR) is 105 cm³/mol. The van der Waals surface area contributed by atoms with Crippen molar-refractivity contribution in [1.29, 1.82) is 0 Å². The van der Waals surface area contributed by atoms with E-state index < -0.39 is 40.2 Å². The maximum atomic E-state index is 12.8. The number of fused-ring (bicyclic) bond motifs is 3. The highest BCUT2D eigenvalue weighted by molar-refractivity contribution is 7.89. The van der Waals surface area contributed by atoms with Crippen LogP contribution < -0.4 is 9.46 Å². The van der Waals surface area contributed by atoms with E-state index in [0.29, 0.717) is 17.7 Å². The number of para-hydroxylation sites is 1. The summed E-state index contributed by atoms with van der Waals surface area (Å²) in [5.74, 6) is -1.51. The van der Waals surface area contributed by atoms with Gasteiger partial charge < -0.3 is 14.9 Å². The van der Waals surface area contributed by atoms with Gasteiger partial charge in [0.15, 0.2) is 0 Å². The van der Waals surface area contributed by atoms with Gasteiger partial charge in [-0.05, 0) is 18.6 Å². The Labute approximate surface area is 169 Å². The number of carboxylic acids is 1. The number of carboxylic acid groups (broad SMARTS) is 1. The molecule has 0 bridgehead atoms. The van der Waals surface area contributed by atoms with E-state index in [9.17, 15) is 23.4 Å². The number of aliphatic hydroxyl groups is 1. The van der Waals surface area contributed by atoms with E-state index in [-0.39, 0.29) is 17.2 Å². The number of carbonyl (C=O) groups is 1. The van der Waals surface area contributed by atoms with E-state index >= 15 is 0 Å². The molecule has 2 aromatic carbocycles. The van der Waals surface area contributed by atoms with E-state index in [4.69, 9.17) is 4.74 Å². The summed E-state index contributed by atoms with van der Waals surface area (Å²) in [6.45, 7) is 1.80. The van der Waals surface area contributed by atoms with Crippen molar-refractivity contribution in [2.75, 3.05) is 0 Å². The Hall–Kier alpha value is -2.42. The molecule has 1 heterocycles.